The lowest BCUT2D eigenvalue weighted by atomic mass is 9.99. The van der Waals surface area contributed by atoms with Gasteiger partial charge in [-0.15, -0.1) is 11.3 Å². The molecule has 3 aromatic heterocycles. The molecule has 0 spiro atoms. The average Bonchev–Trinajstić information content (AvgIpc) is 3.08. The van der Waals surface area contributed by atoms with Gasteiger partial charge in [0.05, 0.1) is 5.01 Å². The highest BCUT2D eigenvalue weighted by Crippen LogP contribution is 2.32. The van der Waals surface area contributed by atoms with Gasteiger partial charge in [-0.05, 0) is 38.8 Å². The van der Waals surface area contributed by atoms with E-state index in [-0.39, 0.29) is 0 Å². The standard InChI is InChI=1S/C19H21N5S/c1-13-9-17(23-18(22-13)15-5-3-7-20-11-15)24-8-4-6-16(12-24)19-21-10-14(2)25-19/h3,5,7,9-11,16H,4,6,8,12H2,1-2H3/t16-/m0/s1. The van der Waals surface area contributed by atoms with Gasteiger partial charge in [-0.1, -0.05) is 0 Å². The van der Waals surface area contributed by atoms with Gasteiger partial charge in [0.25, 0.3) is 0 Å². The molecule has 1 aliphatic heterocycles. The van der Waals surface area contributed by atoms with Crippen LogP contribution in [0.5, 0.6) is 0 Å². The zero-order chi connectivity index (χ0) is 17.2. The van der Waals surface area contributed by atoms with Crippen LogP contribution in [0.1, 0.15) is 34.3 Å². The van der Waals surface area contributed by atoms with Gasteiger partial charge in [0.2, 0.25) is 0 Å². The van der Waals surface area contributed by atoms with Crippen molar-refractivity contribution < 1.29 is 0 Å². The van der Waals surface area contributed by atoms with Crippen molar-refractivity contribution in [2.75, 3.05) is 18.0 Å². The summed E-state index contributed by atoms with van der Waals surface area (Å²) in [6, 6.07) is 6.00. The lowest BCUT2D eigenvalue weighted by Crippen LogP contribution is -2.35. The summed E-state index contributed by atoms with van der Waals surface area (Å²) in [5.41, 5.74) is 1.94. The Morgan fingerprint density at radius 2 is 2.12 bits per heavy atom. The maximum Gasteiger partial charge on any atom is 0.163 e. The fourth-order valence-corrected chi connectivity index (χ4v) is 4.19. The van der Waals surface area contributed by atoms with Crippen LogP contribution in [0.2, 0.25) is 0 Å². The van der Waals surface area contributed by atoms with Crippen molar-refractivity contribution in [1.29, 1.82) is 0 Å². The molecule has 25 heavy (non-hydrogen) atoms. The molecule has 1 aliphatic rings. The van der Waals surface area contributed by atoms with Crippen LogP contribution < -0.4 is 4.90 Å². The molecule has 0 N–H and O–H groups in total. The molecule has 4 heterocycles. The van der Waals surface area contributed by atoms with Gasteiger partial charge in [-0.3, -0.25) is 4.98 Å². The minimum atomic E-state index is 0.490. The highest BCUT2D eigenvalue weighted by molar-refractivity contribution is 7.11. The monoisotopic (exact) mass is 351 g/mol. The van der Waals surface area contributed by atoms with Crippen molar-refractivity contribution in [1.82, 2.24) is 19.9 Å². The van der Waals surface area contributed by atoms with Crippen LogP contribution in [0.4, 0.5) is 5.82 Å². The zero-order valence-corrected chi connectivity index (χ0v) is 15.3. The molecule has 0 radical (unpaired) electrons. The Balaban J connectivity index is 1.61. The van der Waals surface area contributed by atoms with E-state index in [1.165, 1.54) is 16.3 Å². The third-order valence-corrected chi connectivity index (χ3v) is 5.57. The summed E-state index contributed by atoms with van der Waals surface area (Å²) in [6.07, 6.45) is 7.92. The molecule has 1 saturated heterocycles. The van der Waals surface area contributed by atoms with Crippen molar-refractivity contribution in [3.8, 4) is 11.4 Å². The van der Waals surface area contributed by atoms with E-state index in [9.17, 15) is 0 Å². The largest absolute Gasteiger partial charge is 0.356 e. The van der Waals surface area contributed by atoms with Crippen LogP contribution >= 0.6 is 11.3 Å². The summed E-state index contributed by atoms with van der Waals surface area (Å²) in [6.45, 7) is 6.14. The second-order valence-electron chi connectivity index (χ2n) is 6.53. The van der Waals surface area contributed by atoms with E-state index < -0.39 is 0 Å². The van der Waals surface area contributed by atoms with Gasteiger partial charge in [0, 0.05) is 59.8 Å². The normalized spacial score (nSPS) is 17.7. The maximum atomic E-state index is 4.82. The van der Waals surface area contributed by atoms with E-state index in [0.717, 1.165) is 42.4 Å². The molecular formula is C19H21N5S. The van der Waals surface area contributed by atoms with Gasteiger partial charge >= 0.3 is 0 Å². The molecule has 0 aliphatic carbocycles. The molecule has 4 rings (SSSR count). The molecule has 0 aromatic carbocycles. The Bertz CT molecular complexity index is 861. The molecular weight excluding hydrogens is 330 g/mol. The Hall–Kier alpha value is -2.34. The van der Waals surface area contributed by atoms with Crippen LogP contribution in [0.15, 0.2) is 36.8 Å². The van der Waals surface area contributed by atoms with Crippen molar-refractivity contribution in [3.05, 3.63) is 52.4 Å². The molecule has 0 bridgehead atoms. The first-order valence-electron chi connectivity index (χ1n) is 8.62. The summed E-state index contributed by atoms with van der Waals surface area (Å²) < 4.78 is 0. The minimum Gasteiger partial charge on any atom is -0.356 e. The van der Waals surface area contributed by atoms with Crippen LogP contribution in [0.3, 0.4) is 0 Å². The quantitative estimate of drug-likeness (QED) is 0.714. The number of aromatic nitrogens is 4. The number of piperidine rings is 1. The summed E-state index contributed by atoms with van der Waals surface area (Å²) in [7, 11) is 0. The first-order chi connectivity index (χ1) is 12.2. The van der Waals surface area contributed by atoms with Crippen LogP contribution in [0, 0.1) is 13.8 Å². The van der Waals surface area contributed by atoms with Crippen molar-refractivity contribution >= 4 is 17.2 Å². The average molecular weight is 351 g/mol. The first-order valence-corrected chi connectivity index (χ1v) is 9.44. The molecule has 0 unspecified atom stereocenters. The summed E-state index contributed by atoms with van der Waals surface area (Å²) in [5.74, 6) is 2.24. The Morgan fingerprint density at radius 1 is 1.20 bits per heavy atom. The lowest BCUT2D eigenvalue weighted by molar-refractivity contribution is 0.505. The van der Waals surface area contributed by atoms with Gasteiger partial charge in [0.1, 0.15) is 5.82 Å². The Labute approximate surface area is 151 Å². The second kappa shape index (κ2) is 6.88. The smallest absolute Gasteiger partial charge is 0.163 e. The maximum absolute atomic E-state index is 4.82. The zero-order valence-electron chi connectivity index (χ0n) is 14.5. The number of anilines is 1. The predicted molar refractivity (Wildman–Crippen MR) is 101 cm³/mol. The van der Waals surface area contributed by atoms with Crippen LogP contribution in [-0.2, 0) is 0 Å². The van der Waals surface area contributed by atoms with E-state index in [2.05, 4.69) is 32.8 Å². The molecule has 0 saturated carbocycles. The lowest BCUT2D eigenvalue weighted by Gasteiger charge is -2.33. The van der Waals surface area contributed by atoms with E-state index in [1.807, 2.05) is 42.8 Å². The highest BCUT2D eigenvalue weighted by Gasteiger charge is 2.25. The van der Waals surface area contributed by atoms with Gasteiger partial charge in [-0.25, -0.2) is 15.0 Å². The van der Waals surface area contributed by atoms with E-state index >= 15 is 0 Å². The van der Waals surface area contributed by atoms with Gasteiger partial charge in [0.15, 0.2) is 5.82 Å². The fourth-order valence-electron chi connectivity index (χ4n) is 3.29. The number of hydrogen-bond acceptors (Lipinski definition) is 6. The fraction of sp³-hybridized carbons (Fsp3) is 0.368. The van der Waals surface area contributed by atoms with Crippen molar-refractivity contribution in [2.45, 2.75) is 32.6 Å². The number of rotatable bonds is 3. The number of aryl methyl sites for hydroxylation is 2. The Kier molecular flexibility index (Phi) is 4.44. The summed E-state index contributed by atoms with van der Waals surface area (Å²) in [4.78, 5) is 21.9. The van der Waals surface area contributed by atoms with E-state index in [4.69, 9.17) is 4.98 Å². The molecule has 5 nitrogen and oxygen atoms in total. The molecule has 128 valence electrons. The number of thiazole rings is 1. The van der Waals surface area contributed by atoms with Gasteiger partial charge < -0.3 is 4.90 Å². The van der Waals surface area contributed by atoms with Crippen molar-refractivity contribution in [3.63, 3.8) is 0 Å². The summed E-state index contributed by atoms with van der Waals surface area (Å²) in [5, 5.41) is 1.25. The van der Waals surface area contributed by atoms with Crippen LogP contribution in [-0.4, -0.2) is 33.0 Å². The third kappa shape index (κ3) is 3.54. The summed E-state index contributed by atoms with van der Waals surface area (Å²) >= 11 is 1.82. The number of nitrogens with zero attached hydrogens (tertiary/aromatic N) is 5. The second-order valence-corrected chi connectivity index (χ2v) is 7.79. The molecule has 6 heteroatoms. The van der Waals surface area contributed by atoms with Gasteiger partial charge in [-0.2, -0.15) is 0 Å². The van der Waals surface area contributed by atoms with Crippen molar-refractivity contribution in [2.24, 2.45) is 0 Å². The highest BCUT2D eigenvalue weighted by atomic mass is 32.1. The Morgan fingerprint density at radius 3 is 2.88 bits per heavy atom. The molecule has 1 fully saturated rings. The molecule has 3 aromatic rings. The van der Waals surface area contributed by atoms with E-state index in [1.54, 1.807) is 6.20 Å². The molecule has 0 amide bonds. The minimum absolute atomic E-state index is 0.490. The molecule has 1 atom stereocenters. The predicted octanol–water partition coefficient (Wildman–Crippen LogP) is 4.00. The van der Waals surface area contributed by atoms with E-state index in [0.29, 0.717) is 5.92 Å². The number of hydrogen-bond donors (Lipinski definition) is 0. The SMILES string of the molecule is Cc1cc(N2CCC[C@H](c3ncc(C)s3)C2)nc(-c2cccnc2)n1. The topological polar surface area (TPSA) is 54.8 Å². The van der Waals surface area contributed by atoms with Crippen LogP contribution in [0.25, 0.3) is 11.4 Å². The number of pyridine rings is 1. The first kappa shape index (κ1) is 16.1. The third-order valence-electron chi connectivity index (χ3n) is 4.49.